The quantitative estimate of drug-likeness (QED) is 0.790. The van der Waals surface area contributed by atoms with Crippen LogP contribution in [0.4, 0.5) is 0 Å². The maximum atomic E-state index is 9.79. The van der Waals surface area contributed by atoms with Crippen molar-refractivity contribution in [2.75, 3.05) is 0 Å². The molecule has 5 nitrogen and oxygen atoms in total. The average molecular weight is 321 g/mol. The molecule has 0 saturated carbocycles. The lowest BCUT2D eigenvalue weighted by Crippen LogP contribution is -2.12. The van der Waals surface area contributed by atoms with Crippen molar-refractivity contribution in [3.63, 3.8) is 0 Å². The first-order chi connectivity index (χ1) is 10.6. The first kappa shape index (κ1) is 19.2. The summed E-state index contributed by atoms with van der Waals surface area (Å²) >= 11 is 0. The van der Waals surface area contributed by atoms with E-state index in [2.05, 4.69) is 39.0 Å². The topological polar surface area (TPSA) is 101 Å². The molecule has 128 valence electrons. The number of rotatable bonds is 4. The minimum Gasteiger partial charge on any atom is -0.481 e. The van der Waals surface area contributed by atoms with Crippen LogP contribution in [0.1, 0.15) is 69.2 Å². The van der Waals surface area contributed by atoms with E-state index in [0.29, 0.717) is 0 Å². The molecule has 4 N–H and O–H groups in total. The summed E-state index contributed by atoms with van der Waals surface area (Å²) in [5.74, 6) is -1.90. The van der Waals surface area contributed by atoms with Crippen LogP contribution in [-0.4, -0.2) is 22.2 Å². The highest BCUT2D eigenvalue weighted by Crippen LogP contribution is 2.33. The van der Waals surface area contributed by atoms with E-state index in [-0.39, 0.29) is 30.7 Å². The molecule has 0 amide bonds. The van der Waals surface area contributed by atoms with Crippen LogP contribution < -0.4 is 5.73 Å². The second kappa shape index (κ2) is 8.11. The fourth-order valence-corrected chi connectivity index (χ4v) is 2.51. The summed E-state index contributed by atoms with van der Waals surface area (Å²) in [6.45, 7) is 6.76. The van der Waals surface area contributed by atoms with E-state index in [1.807, 2.05) is 0 Å². The highest BCUT2D eigenvalue weighted by Gasteiger charge is 2.21. The predicted octanol–water partition coefficient (Wildman–Crippen LogP) is 3.26. The molecule has 0 spiro atoms. The zero-order valence-corrected chi connectivity index (χ0v) is 14.1. The third-order valence-electron chi connectivity index (χ3n) is 3.91. The van der Waals surface area contributed by atoms with Crippen LogP contribution in [0.3, 0.4) is 0 Å². The molecule has 1 atom stereocenters. The summed E-state index contributed by atoms with van der Waals surface area (Å²) in [5, 5.41) is 16.1. The van der Waals surface area contributed by atoms with Gasteiger partial charge in [0.25, 0.3) is 0 Å². The largest absolute Gasteiger partial charge is 0.481 e. The Morgan fingerprint density at radius 1 is 1.17 bits per heavy atom. The van der Waals surface area contributed by atoms with Crippen LogP contribution in [0.15, 0.2) is 18.2 Å². The number of benzene rings is 1. The minimum atomic E-state index is -0.948. The van der Waals surface area contributed by atoms with Crippen LogP contribution >= 0.6 is 0 Å². The molecular formula is C18H27NO4. The fourth-order valence-electron chi connectivity index (χ4n) is 2.51. The monoisotopic (exact) mass is 321 g/mol. The van der Waals surface area contributed by atoms with E-state index in [1.165, 1.54) is 16.7 Å². The molecule has 0 radical (unpaired) electrons. The molecule has 0 fully saturated rings. The lowest BCUT2D eigenvalue weighted by molar-refractivity contribution is -0.138. The van der Waals surface area contributed by atoms with E-state index in [0.717, 1.165) is 12.8 Å². The molecule has 0 heterocycles. The van der Waals surface area contributed by atoms with E-state index in [9.17, 15) is 9.59 Å². The summed E-state index contributed by atoms with van der Waals surface area (Å²) in [7, 11) is 0. The van der Waals surface area contributed by atoms with Crippen LogP contribution in [-0.2, 0) is 21.4 Å². The van der Waals surface area contributed by atoms with Gasteiger partial charge in [0.15, 0.2) is 0 Å². The van der Waals surface area contributed by atoms with Crippen molar-refractivity contribution in [1.82, 2.24) is 0 Å². The summed E-state index contributed by atoms with van der Waals surface area (Å²) in [6, 6.07) is 7.05. The van der Waals surface area contributed by atoms with E-state index >= 15 is 0 Å². The number of nitrogens with two attached hydrogens (primary N) is 1. The van der Waals surface area contributed by atoms with Gasteiger partial charge in [-0.2, -0.15) is 0 Å². The first-order valence-electron chi connectivity index (χ1n) is 7.93. The van der Waals surface area contributed by atoms with E-state index in [4.69, 9.17) is 15.9 Å². The van der Waals surface area contributed by atoms with Gasteiger partial charge in [-0.25, -0.2) is 0 Å². The van der Waals surface area contributed by atoms with Crippen molar-refractivity contribution < 1.29 is 19.8 Å². The van der Waals surface area contributed by atoms with E-state index < -0.39 is 11.9 Å². The normalized spacial score (nSPS) is 16.3. The lowest BCUT2D eigenvalue weighted by Gasteiger charge is -2.20. The van der Waals surface area contributed by atoms with Crippen molar-refractivity contribution in [3.8, 4) is 0 Å². The second-order valence-electron chi connectivity index (χ2n) is 6.95. The molecule has 2 rings (SSSR count). The highest BCUT2D eigenvalue weighted by atomic mass is 16.4. The standard InChI is InChI=1S/C13H19N.C5H8O4/c1-13(2,3)10-5-6-11-9(8-10)4-7-12(11)14;6-4(7)2-1-3-5(8)9/h5-6,8,12H,4,7,14H2,1-3H3;1-3H2,(H,6,7)(H,8,9). The van der Waals surface area contributed by atoms with Gasteiger partial charge in [-0.05, 0) is 41.4 Å². The second-order valence-corrected chi connectivity index (χ2v) is 6.95. The van der Waals surface area contributed by atoms with Gasteiger partial charge in [-0.3, -0.25) is 9.59 Å². The molecule has 5 heteroatoms. The molecule has 1 unspecified atom stereocenters. The van der Waals surface area contributed by atoms with E-state index in [1.54, 1.807) is 0 Å². The Labute approximate surface area is 137 Å². The Kier molecular flexibility index (Phi) is 6.76. The van der Waals surface area contributed by atoms with Crippen molar-refractivity contribution in [3.05, 3.63) is 34.9 Å². The average Bonchev–Trinajstić information content (AvgIpc) is 2.79. The van der Waals surface area contributed by atoms with Crippen molar-refractivity contribution in [2.45, 2.75) is 64.3 Å². The van der Waals surface area contributed by atoms with Gasteiger partial charge in [-0.15, -0.1) is 0 Å². The minimum absolute atomic E-state index is 0.0632. The summed E-state index contributed by atoms with van der Waals surface area (Å²) in [6.07, 6.45) is 2.35. The predicted molar refractivity (Wildman–Crippen MR) is 89.5 cm³/mol. The maximum absolute atomic E-state index is 9.79. The van der Waals surface area contributed by atoms with Crippen LogP contribution in [0.25, 0.3) is 0 Å². The van der Waals surface area contributed by atoms with Gasteiger partial charge >= 0.3 is 11.9 Å². The van der Waals surface area contributed by atoms with Gasteiger partial charge < -0.3 is 15.9 Å². The highest BCUT2D eigenvalue weighted by molar-refractivity contribution is 5.69. The van der Waals surface area contributed by atoms with Crippen LogP contribution in [0.2, 0.25) is 0 Å². The number of carboxylic acids is 2. The van der Waals surface area contributed by atoms with Gasteiger partial charge in [-0.1, -0.05) is 39.0 Å². The van der Waals surface area contributed by atoms with Crippen LogP contribution in [0, 0.1) is 0 Å². The number of fused-ring (bicyclic) bond motifs is 1. The molecule has 1 aliphatic carbocycles. The molecule has 1 aromatic rings. The van der Waals surface area contributed by atoms with Crippen molar-refractivity contribution >= 4 is 11.9 Å². The van der Waals surface area contributed by atoms with Gasteiger partial charge in [0.1, 0.15) is 0 Å². The van der Waals surface area contributed by atoms with Crippen molar-refractivity contribution in [2.24, 2.45) is 5.73 Å². The molecule has 1 aliphatic rings. The smallest absolute Gasteiger partial charge is 0.303 e. The van der Waals surface area contributed by atoms with Crippen molar-refractivity contribution in [1.29, 1.82) is 0 Å². The summed E-state index contributed by atoms with van der Waals surface area (Å²) in [5.41, 5.74) is 10.5. The molecule has 0 saturated heterocycles. The number of hydrogen-bond donors (Lipinski definition) is 3. The molecular weight excluding hydrogens is 294 g/mol. The summed E-state index contributed by atoms with van der Waals surface area (Å²) < 4.78 is 0. The third-order valence-corrected chi connectivity index (χ3v) is 3.91. The zero-order chi connectivity index (χ0) is 17.6. The Bertz CT molecular complexity index is 547. The summed E-state index contributed by atoms with van der Waals surface area (Å²) in [4.78, 5) is 19.6. The van der Waals surface area contributed by atoms with Gasteiger partial charge in [0, 0.05) is 18.9 Å². The van der Waals surface area contributed by atoms with Gasteiger partial charge in [0.05, 0.1) is 0 Å². The Morgan fingerprint density at radius 2 is 1.74 bits per heavy atom. The number of hydrogen-bond acceptors (Lipinski definition) is 3. The third kappa shape index (κ3) is 6.40. The SMILES string of the molecule is CC(C)(C)c1ccc2c(c1)CCC2N.O=C(O)CCCC(=O)O. The Hall–Kier alpha value is -1.88. The number of aliphatic carboxylic acids is 2. The van der Waals surface area contributed by atoms with Gasteiger partial charge in [0.2, 0.25) is 0 Å². The van der Waals surface area contributed by atoms with Crippen LogP contribution in [0.5, 0.6) is 0 Å². The number of aryl methyl sites for hydroxylation is 1. The number of carbonyl (C=O) groups is 2. The number of carboxylic acid groups (broad SMARTS) is 2. The molecule has 1 aromatic carbocycles. The fraction of sp³-hybridized carbons (Fsp3) is 0.556. The zero-order valence-electron chi connectivity index (χ0n) is 14.1. The lowest BCUT2D eigenvalue weighted by atomic mass is 9.85. The Balaban J connectivity index is 0.000000257. The maximum Gasteiger partial charge on any atom is 0.303 e. The molecule has 23 heavy (non-hydrogen) atoms. The molecule has 0 aliphatic heterocycles. The Morgan fingerprint density at radius 3 is 2.22 bits per heavy atom. The molecule has 0 aromatic heterocycles. The first-order valence-corrected chi connectivity index (χ1v) is 7.93. The molecule has 0 bridgehead atoms.